The molecule has 0 bridgehead atoms. The van der Waals surface area contributed by atoms with Gasteiger partial charge >= 0.3 is 0 Å². The van der Waals surface area contributed by atoms with Crippen LogP contribution in [0.2, 0.25) is 0 Å². The van der Waals surface area contributed by atoms with Crippen LogP contribution >= 0.6 is 11.3 Å². The highest BCUT2D eigenvalue weighted by Gasteiger charge is 2.11. The molecule has 96 valence electrons. The molecule has 0 radical (unpaired) electrons. The van der Waals surface area contributed by atoms with Crippen LogP contribution in [0, 0.1) is 0 Å². The van der Waals surface area contributed by atoms with Crippen LogP contribution in [-0.4, -0.2) is 18.0 Å². The zero-order valence-corrected chi connectivity index (χ0v) is 11.8. The van der Waals surface area contributed by atoms with Crippen molar-refractivity contribution in [1.82, 2.24) is 4.90 Å². The summed E-state index contributed by atoms with van der Waals surface area (Å²) >= 11 is 1.83. The van der Waals surface area contributed by atoms with Crippen LogP contribution in [0.3, 0.4) is 0 Å². The molecule has 2 nitrogen and oxygen atoms in total. The number of benzene rings is 1. The first-order valence-corrected chi connectivity index (χ1v) is 7.10. The number of nitrogen functional groups attached to an aromatic ring is 1. The molecule has 2 rings (SSSR count). The van der Waals surface area contributed by atoms with E-state index in [1.165, 1.54) is 10.4 Å². The van der Waals surface area contributed by atoms with Crippen molar-refractivity contribution in [3.05, 3.63) is 52.2 Å². The van der Waals surface area contributed by atoms with E-state index in [1.54, 1.807) is 0 Å². The van der Waals surface area contributed by atoms with Gasteiger partial charge in [0.05, 0.1) is 0 Å². The molecule has 0 saturated heterocycles. The van der Waals surface area contributed by atoms with Gasteiger partial charge in [-0.25, -0.2) is 0 Å². The number of hydrogen-bond acceptors (Lipinski definition) is 3. The van der Waals surface area contributed by atoms with Gasteiger partial charge in [-0.05, 0) is 49.5 Å². The maximum Gasteiger partial charge on any atom is 0.0317 e. The Morgan fingerprint density at radius 2 is 2.11 bits per heavy atom. The van der Waals surface area contributed by atoms with Crippen LogP contribution in [0.4, 0.5) is 5.69 Å². The molecule has 0 aliphatic carbocycles. The fourth-order valence-corrected chi connectivity index (χ4v) is 2.84. The molecular formula is C15H20N2S. The molecular weight excluding hydrogens is 240 g/mol. The largest absolute Gasteiger partial charge is 0.399 e. The van der Waals surface area contributed by atoms with E-state index in [0.717, 1.165) is 18.7 Å². The summed E-state index contributed by atoms with van der Waals surface area (Å²) in [7, 11) is 2.17. The molecule has 1 unspecified atom stereocenters. The number of likely N-dealkylation sites (N-methyl/N-ethyl adjacent to an activating group) is 1. The predicted molar refractivity (Wildman–Crippen MR) is 79.8 cm³/mol. The normalized spacial score (nSPS) is 12.8. The fraction of sp³-hybridized carbons (Fsp3) is 0.333. The zero-order valence-electron chi connectivity index (χ0n) is 11.0. The van der Waals surface area contributed by atoms with Crippen LogP contribution in [0.5, 0.6) is 0 Å². The number of thiophene rings is 1. The van der Waals surface area contributed by atoms with Crippen molar-refractivity contribution >= 4 is 17.0 Å². The molecule has 0 amide bonds. The highest BCUT2D eigenvalue weighted by atomic mass is 32.1. The first-order valence-electron chi connectivity index (χ1n) is 6.22. The second-order valence-electron chi connectivity index (χ2n) is 4.79. The molecule has 1 aromatic heterocycles. The first kappa shape index (κ1) is 13.1. The minimum Gasteiger partial charge on any atom is -0.399 e. The van der Waals surface area contributed by atoms with Gasteiger partial charge in [-0.15, -0.1) is 11.3 Å². The Morgan fingerprint density at radius 1 is 1.28 bits per heavy atom. The van der Waals surface area contributed by atoms with E-state index < -0.39 is 0 Å². The number of nitrogens with zero attached hydrogens (tertiary/aromatic N) is 1. The maximum atomic E-state index is 5.80. The van der Waals surface area contributed by atoms with Crippen LogP contribution in [-0.2, 0) is 13.0 Å². The Balaban J connectivity index is 1.93. The van der Waals surface area contributed by atoms with Crippen molar-refractivity contribution in [2.24, 2.45) is 0 Å². The van der Waals surface area contributed by atoms with Gasteiger partial charge in [0.1, 0.15) is 0 Å². The second kappa shape index (κ2) is 6.03. The van der Waals surface area contributed by atoms with E-state index in [-0.39, 0.29) is 0 Å². The Hall–Kier alpha value is -1.32. The molecule has 0 fully saturated rings. The van der Waals surface area contributed by atoms with Gasteiger partial charge in [0.15, 0.2) is 0 Å². The van der Waals surface area contributed by atoms with Gasteiger partial charge in [0, 0.05) is 23.2 Å². The monoisotopic (exact) mass is 260 g/mol. The van der Waals surface area contributed by atoms with E-state index in [4.69, 9.17) is 5.73 Å². The minimum absolute atomic E-state index is 0.532. The molecule has 18 heavy (non-hydrogen) atoms. The van der Waals surface area contributed by atoms with E-state index in [9.17, 15) is 0 Å². The highest BCUT2D eigenvalue weighted by Crippen LogP contribution is 2.16. The first-order chi connectivity index (χ1) is 8.65. The molecule has 1 atom stereocenters. The lowest BCUT2D eigenvalue weighted by atomic mass is 10.1. The third kappa shape index (κ3) is 3.59. The number of nitrogens with two attached hydrogens (primary N) is 1. The van der Waals surface area contributed by atoms with Crippen LogP contribution < -0.4 is 5.73 Å². The lowest BCUT2D eigenvalue weighted by molar-refractivity contribution is 0.249. The molecule has 2 aromatic rings. The molecule has 0 spiro atoms. The number of anilines is 1. The summed E-state index contributed by atoms with van der Waals surface area (Å²) in [5.74, 6) is 0. The Labute approximate surface area is 113 Å². The minimum atomic E-state index is 0.532. The lowest BCUT2D eigenvalue weighted by Crippen LogP contribution is -2.30. The summed E-state index contributed by atoms with van der Waals surface area (Å²) in [4.78, 5) is 3.82. The van der Waals surface area contributed by atoms with E-state index in [1.807, 2.05) is 29.5 Å². The zero-order chi connectivity index (χ0) is 13.0. The van der Waals surface area contributed by atoms with Gasteiger partial charge in [0.25, 0.3) is 0 Å². The molecule has 2 N–H and O–H groups in total. The summed E-state index contributed by atoms with van der Waals surface area (Å²) in [5.41, 5.74) is 7.92. The highest BCUT2D eigenvalue weighted by molar-refractivity contribution is 7.09. The van der Waals surface area contributed by atoms with Gasteiger partial charge in [0.2, 0.25) is 0 Å². The molecule has 0 saturated carbocycles. The van der Waals surface area contributed by atoms with Crippen molar-refractivity contribution in [1.29, 1.82) is 0 Å². The molecule has 1 aromatic carbocycles. The number of hydrogen-bond donors (Lipinski definition) is 1. The Bertz CT molecular complexity index is 479. The SMILES string of the molecule is CC(Cc1cccs1)N(C)Cc1cccc(N)c1. The van der Waals surface area contributed by atoms with Crippen LogP contribution in [0.1, 0.15) is 17.4 Å². The third-order valence-electron chi connectivity index (χ3n) is 3.21. The van der Waals surface area contributed by atoms with Crippen molar-refractivity contribution < 1.29 is 0 Å². The van der Waals surface area contributed by atoms with Gasteiger partial charge in [-0.1, -0.05) is 18.2 Å². The van der Waals surface area contributed by atoms with Crippen molar-refractivity contribution in [3.8, 4) is 0 Å². The summed E-state index contributed by atoms with van der Waals surface area (Å²) in [6.45, 7) is 3.21. The molecule has 1 heterocycles. The summed E-state index contributed by atoms with van der Waals surface area (Å²) in [5, 5.41) is 2.14. The van der Waals surface area contributed by atoms with Gasteiger partial charge < -0.3 is 5.73 Å². The topological polar surface area (TPSA) is 29.3 Å². The van der Waals surface area contributed by atoms with E-state index in [2.05, 4.69) is 42.5 Å². The van der Waals surface area contributed by atoms with E-state index >= 15 is 0 Å². The predicted octanol–water partition coefficient (Wildman–Crippen LogP) is 3.39. The average molecular weight is 260 g/mol. The smallest absolute Gasteiger partial charge is 0.0317 e. The standard InChI is InChI=1S/C15H20N2S/c1-12(9-15-7-4-8-18-15)17(2)11-13-5-3-6-14(16)10-13/h3-8,10,12H,9,11,16H2,1-2H3. The Morgan fingerprint density at radius 3 is 2.78 bits per heavy atom. The maximum absolute atomic E-state index is 5.80. The van der Waals surface area contributed by atoms with Crippen LogP contribution in [0.15, 0.2) is 41.8 Å². The third-order valence-corrected chi connectivity index (χ3v) is 4.11. The van der Waals surface area contributed by atoms with Crippen molar-refractivity contribution in [3.63, 3.8) is 0 Å². The van der Waals surface area contributed by atoms with Gasteiger partial charge in [-0.2, -0.15) is 0 Å². The van der Waals surface area contributed by atoms with Crippen LogP contribution in [0.25, 0.3) is 0 Å². The second-order valence-corrected chi connectivity index (χ2v) is 5.82. The molecule has 0 aliphatic heterocycles. The summed E-state index contributed by atoms with van der Waals surface area (Å²) in [6, 6.07) is 13.0. The molecule has 3 heteroatoms. The summed E-state index contributed by atoms with van der Waals surface area (Å²) in [6.07, 6.45) is 1.11. The molecule has 0 aliphatic rings. The average Bonchev–Trinajstić information content (AvgIpc) is 2.81. The van der Waals surface area contributed by atoms with Gasteiger partial charge in [-0.3, -0.25) is 4.90 Å². The van der Waals surface area contributed by atoms with Crippen molar-refractivity contribution in [2.45, 2.75) is 25.9 Å². The van der Waals surface area contributed by atoms with E-state index in [0.29, 0.717) is 6.04 Å². The van der Waals surface area contributed by atoms with Crippen molar-refractivity contribution in [2.75, 3.05) is 12.8 Å². The lowest BCUT2D eigenvalue weighted by Gasteiger charge is -2.24. The summed E-state index contributed by atoms with van der Waals surface area (Å²) < 4.78 is 0. The fourth-order valence-electron chi connectivity index (χ4n) is 2.01. The Kier molecular flexibility index (Phi) is 4.39. The number of rotatable bonds is 5. The quantitative estimate of drug-likeness (QED) is 0.835.